The zero-order chi connectivity index (χ0) is 9.26. The molecule has 0 amide bonds. The molecule has 1 aliphatic rings. The Balaban J connectivity index is 2.13. The minimum absolute atomic E-state index is 0.342. The molecule has 0 aromatic heterocycles. The Hall–Kier alpha value is -1.02. The van der Waals surface area contributed by atoms with Crippen LogP contribution in [0.5, 0.6) is 5.75 Å². The molecule has 2 heteroatoms. The zero-order valence-corrected chi connectivity index (χ0v) is 7.83. The largest absolute Gasteiger partial charge is 0.508 e. The van der Waals surface area contributed by atoms with Gasteiger partial charge in [0.1, 0.15) is 5.75 Å². The van der Waals surface area contributed by atoms with Crippen molar-refractivity contribution in [2.45, 2.75) is 19.4 Å². The van der Waals surface area contributed by atoms with E-state index in [0.29, 0.717) is 11.8 Å². The van der Waals surface area contributed by atoms with E-state index in [1.165, 1.54) is 12.0 Å². The van der Waals surface area contributed by atoms with Gasteiger partial charge in [0.2, 0.25) is 0 Å². The third-order valence-corrected chi connectivity index (χ3v) is 2.65. The monoisotopic (exact) mass is 177 g/mol. The maximum Gasteiger partial charge on any atom is 0.115 e. The van der Waals surface area contributed by atoms with E-state index in [1.807, 2.05) is 12.1 Å². The Bertz CT molecular complexity index is 281. The number of nitrogens with one attached hydrogen (secondary N) is 1. The third-order valence-electron chi connectivity index (χ3n) is 2.65. The molecule has 2 rings (SSSR count). The number of benzene rings is 1. The van der Waals surface area contributed by atoms with Crippen LogP contribution in [0.3, 0.4) is 0 Å². The molecule has 2 nitrogen and oxygen atoms in total. The predicted octanol–water partition coefficient (Wildman–Crippen LogP) is 2.06. The summed E-state index contributed by atoms with van der Waals surface area (Å²) in [4.78, 5) is 0. The van der Waals surface area contributed by atoms with E-state index in [0.717, 1.165) is 12.5 Å². The Morgan fingerprint density at radius 3 is 2.54 bits per heavy atom. The summed E-state index contributed by atoms with van der Waals surface area (Å²) >= 11 is 0. The zero-order valence-electron chi connectivity index (χ0n) is 7.83. The van der Waals surface area contributed by atoms with Crippen molar-refractivity contribution < 1.29 is 5.11 Å². The summed E-state index contributed by atoms with van der Waals surface area (Å²) in [7, 11) is 0. The van der Waals surface area contributed by atoms with Gasteiger partial charge in [-0.1, -0.05) is 19.1 Å². The molecule has 0 unspecified atom stereocenters. The first-order chi connectivity index (χ1) is 6.25. The molecule has 2 N–H and O–H groups in total. The summed E-state index contributed by atoms with van der Waals surface area (Å²) in [6.07, 6.45) is 1.20. The summed E-state index contributed by atoms with van der Waals surface area (Å²) < 4.78 is 0. The predicted molar refractivity (Wildman–Crippen MR) is 52.6 cm³/mol. The Morgan fingerprint density at radius 1 is 1.31 bits per heavy atom. The molecule has 1 saturated heterocycles. The van der Waals surface area contributed by atoms with Gasteiger partial charge in [0, 0.05) is 6.04 Å². The quantitative estimate of drug-likeness (QED) is 0.688. The fraction of sp³-hybridized carbons (Fsp3) is 0.455. The molecule has 0 aliphatic carbocycles. The van der Waals surface area contributed by atoms with E-state index in [9.17, 15) is 0 Å². The van der Waals surface area contributed by atoms with Crippen LogP contribution in [-0.2, 0) is 0 Å². The average Bonchev–Trinajstić information content (AvgIpc) is 2.53. The van der Waals surface area contributed by atoms with Gasteiger partial charge in [0.15, 0.2) is 0 Å². The van der Waals surface area contributed by atoms with E-state index in [4.69, 9.17) is 5.11 Å². The summed E-state index contributed by atoms with van der Waals surface area (Å²) in [6.45, 7) is 3.36. The van der Waals surface area contributed by atoms with Crippen LogP contribution >= 0.6 is 0 Å². The highest BCUT2D eigenvalue weighted by Crippen LogP contribution is 2.27. The van der Waals surface area contributed by atoms with Crippen LogP contribution in [-0.4, -0.2) is 11.7 Å². The number of aromatic hydroxyl groups is 1. The first-order valence-electron chi connectivity index (χ1n) is 4.78. The first kappa shape index (κ1) is 8.57. The van der Waals surface area contributed by atoms with Gasteiger partial charge in [0.25, 0.3) is 0 Å². The maximum absolute atomic E-state index is 9.13. The van der Waals surface area contributed by atoms with Crippen LogP contribution in [0.25, 0.3) is 0 Å². The Morgan fingerprint density at radius 2 is 2.00 bits per heavy atom. The van der Waals surface area contributed by atoms with Crippen molar-refractivity contribution in [3.05, 3.63) is 29.8 Å². The number of hydrogen-bond acceptors (Lipinski definition) is 2. The molecule has 1 aromatic rings. The highest BCUT2D eigenvalue weighted by molar-refractivity contribution is 5.28. The Kier molecular flexibility index (Phi) is 2.23. The molecule has 0 spiro atoms. The molecule has 70 valence electrons. The van der Waals surface area contributed by atoms with Gasteiger partial charge in [-0.3, -0.25) is 0 Å². The van der Waals surface area contributed by atoms with E-state index < -0.39 is 0 Å². The maximum atomic E-state index is 9.13. The fourth-order valence-electron chi connectivity index (χ4n) is 1.87. The van der Waals surface area contributed by atoms with E-state index in [2.05, 4.69) is 12.2 Å². The van der Waals surface area contributed by atoms with Crippen LogP contribution in [0.4, 0.5) is 0 Å². The van der Waals surface area contributed by atoms with E-state index in [-0.39, 0.29) is 0 Å². The minimum atomic E-state index is 0.342. The van der Waals surface area contributed by atoms with Crippen molar-refractivity contribution in [2.24, 2.45) is 5.92 Å². The second kappa shape index (κ2) is 3.38. The smallest absolute Gasteiger partial charge is 0.115 e. The molecular formula is C11H15NO. The second-order valence-electron chi connectivity index (χ2n) is 3.89. The number of rotatable bonds is 1. The molecule has 0 saturated carbocycles. The molecule has 1 aliphatic heterocycles. The number of phenolic OH excluding ortho intramolecular Hbond substituents is 1. The minimum Gasteiger partial charge on any atom is -0.508 e. The van der Waals surface area contributed by atoms with Crippen molar-refractivity contribution >= 4 is 0 Å². The van der Waals surface area contributed by atoms with Crippen molar-refractivity contribution in [3.63, 3.8) is 0 Å². The van der Waals surface area contributed by atoms with Crippen molar-refractivity contribution in [2.75, 3.05) is 6.54 Å². The molecular weight excluding hydrogens is 162 g/mol. The summed E-state index contributed by atoms with van der Waals surface area (Å²) in [6, 6.07) is 7.96. The summed E-state index contributed by atoms with van der Waals surface area (Å²) in [5.41, 5.74) is 1.28. The highest BCUT2D eigenvalue weighted by Gasteiger charge is 2.21. The van der Waals surface area contributed by atoms with Gasteiger partial charge in [0.05, 0.1) is 0 Å². The van der Waals surface area contributed by atoms with Crippen LogP contribution in [0.1, 0.15) is 24.9 Å². The lowest BCUT2D eigenvalue weighted by Gasteiger charge is -2.10. The van der Waals surface area contributed by atoms with Crippen LogP contribution in [0.2, 0.25) is 0 Å². The fourth-order valence-corrected chi connectivity index (χ4v) is 1.87. The SMILES string of the molecule is C[C@@H]1CN[C@H](c2ccc(O)cc2)C1. The summed E-state index contributed by atoms with van der Waals surface area (Å²) in [5, 5.41) is 12.6. The second-order valence-corrected chi connectivity index (χ2v) is 3.89. The molecule has 0 bridgehead atoms. The molecule has 0 radical (unpaired) electrons. The van der Waals surface area contributed by atoms with Gasteiger partial charge in [-0.25, -0.2) is 0 Å². The van der Waals surface area contributed by atoms with Gasteiger partial charge >= 0.3 is 0 Å². The van der Waals surface area contributed by atoms with E-state index >= 15 is 0 Å². The van der Waals surface area contributed by atoms with Crippen molar-refractivity contribution in [3.8, 4) is 5.75 Å². The molecule has 1 fully saturated rings. The standard InChI is InChI=1S/C11H15NO/c1-8-6-11(12-7-8)9-2-4-10(13)5-3-9/h2-5,8,11-13H,6-7H2,1H3/t8-,11-/m0/s1. The van der Waals surface area contributed by atoms with Gasteiger partial charge in [-0.05, 0) is 36.6 Å². The summed E-state index contributed by atoms with van der Waals surface area (Å²) in [5.74, 6) is 1.11. The highest BCUT2D eigenvalue weighted by atomic mass is 16.3. The number of phenols is 1. The van der Waals surface area contributed by atoms with Crippen molar-refractivity contribution in [1.82, 2.24) is 5.32 Å². The molecule has 1 aromatic carbocycles. The molecule has 13 heavy (non-hydrogen) atoms. The van der Waals surface area contributed by atoms with Crippen LogP contribution < -0.4 is 5.32 Å². The molecule has 2 atom stereocenters. The van der Waals surface area contributed by atoms with Crippen LogP contribution in [0, 0.1) is 5.92 Å². The lowest BCUT2D eigenvalue weighted by atomic mass is 10.0. The van der Waals surface area contributed by atoms with E-state index in [1.54, 1.807) is 12.1 Å². The average molecular weight is 177 g/mol. The van der Waals surface area contributed by atoms with Crippen LogP contribution in [0.15, 0.2) is 24.3 Å². The molecule has 1 heterocycles. The Labute approximate surface area is 78.6 Å². The normalized spacial score (nSPS) is 27.8. The number of hydrogen-bond donors (Lipinski definition) is 2. The van der Waals surface area contributed by atoms with Gasteiger partial charge < -0.3 is 10.4 Å². The van der Waals surface area contributed by atoms with Gasteiger partial charge in [-0.2, -0.15) is 0 Å². The van der Waals surface area contributed by atoms with Gasteiger partial charge in [-0.15, -0.1) is 0 Å². The van der Waals surface area contributed by atoms with Crippen molar-refractivity contribution in [1.29, 1.82) is 0 Å². The topological polar surface area (TPSA) is 32.3 Å². The third kappa shape index (κ3) is 1.83. The first-order valence-corrected chi connectivity index (χ1v) is 4.78. The lowest BCUT2D eigenvalue weighted by molar-refractivity contribution is 0.474. The lowest BCUT2D eigenvalue weighted by Crippen LogP contribution is -2.13.